The van der Waals surface area contributed by atoms with E-state index in [0.717, 1.165) is 5.69 Å². The van der Waals surface area contributed by atoms with Gasteiger partial charge in [-0.2, -0.15) is 5.26 Å². The number of ether oxygens (including phenoxy) is 1. The fourth-order valence-corrected chi connectivity index (χ4v) is 2.76. The van der Waals surface area contributed by atoms with Gasteiger partial charge in [-0.15, -0.1) is 0 Å². The summed E-state index contributed by atoms with van der Waals surface area (Å²) in [4.78, 5) is 16.7. The fraction of sp³-hybridized carbons (Fsp3) is 0.381. The number of carbonyl (C=O) groups excluding carboxylic acids is 1. The van der Waals surface area contributed by atoms with Crippen molar-refractivity contribution in [3.8, 4) is 11.8 Å². The Hall–Kier alpha value is -2.62. The van der Waals surface area contributed by atoms with Crippen molar-refractivity contribution in [3.05, 3.63) is 52.8 Å². The van der Waals surface area contributed by atoms with E-state index < -0.39 is 5.54 Å². The van der Waals surface area contributed by atoms with Crippen LogP contribution in [-0.4, -0.2) is 23.5 Å². The lowest BCUT2D eigenvalue weighted by atomic mass is 9.90. The fourth-order valence-electron chi connectivity index (χ4n) is 2.56. The van der Waals surface area contributed by atoms with Gasteiger partial charge < -0.3 is 10.1 Å². The number of benzene rings is 1. The van der Waals surface area contributed by atoms with Gasteiger partial charge in [-0.25, -0.2) is 0 Å². The van der Waals surface area contributed by atoms with Crippen LogP contribution in [0.25, 0.3) is 0 Å². The second kappa shape index (κ2) is 9.54. The molecule has 0 aliphatic heterocycles. The van der Waals surface area contributed by atoms with Crippen LogP contribution in [0, 0.1) is 17.2 Å². The molecule has 0 saturated heterocycles. The molecule has 1 atom stereocenters. The van der Waals surface area contributed by atoms with E-state index in [2.05, 4.69) is 21.7 Å². The van der Waals surface area contributed by atoms with E-state index >= 15 is 0 Å². The molecule has 0 bridgehead atoms. The minimum Gasteiger partial charge on any atom is -0.496 e. The number of pyridine rings is 1. The molecule has 2 rings (SSSR count). The first kappa shape index (κ1) is 21.7. The zero-order valence-electron chi connectivity index (χ0n) is 16.5. The van der Waals surface area contributed by atoms with Gasteiger partial charge in [0.05, 0.1) is 25.3 Å². The predicted octanol–water partition coefficient (Wildman–Crippen LogP) is 3.95. The van der Waals surface area contributed by atoms with Crippen LogP contribution >= 0.6 is 11.6 Å². The third kappa shape index (κ3) is 5.69. The minimum atomic E-state index is -0.649. The number of hydrogen-bond acceptors (Lipinski definition) is 5. The quantitative estimate of drug-likeness (QED) is 0.700. The summed E-state index contributed by atoms with van der Waals surface area (Å²) >= 11 is 6.02. The largest absolute Gasteiger partial charge is 0.496 e. The first-order valence-corrected chi connectivity index (χ1v) is 9.38. The summed E-state index contributed by atoms with van der Waals surface area (Å²) in [6.07, 6.45) is 1.77. The molecule has 1 aromatic heterocycles. The second-order valence-corrected chi connectivity index (χ2v) is 7.48. The average Bonchev–Trinajstić information content (AvgIpc) is 2.66. The van der Waals surface area contributed by atoms with Gasteiger partial charge in [0.15, 0.2) is 0 Å². The predicted molar refractivity (Wildman–Crippen MR) is 110 cm³/mol. The highest BCUT2D eigenvalue weighted by Crippen LogP contribution is 2.23. The Morgan fingerprint density at radius 3 is 2.75 bits per heavy atom. The van der Waals surface area contributed by atoms with Gasteiger partial charge in [-0.3, -0.25) is 15.1 Å². The van der Waals surface area contributed by atoms with Crippen molar-refractivity contribution < 1.29 is 9.53 Å². The van der Waals surface area contributed by atoms with Crippen molar-refractivity contribution in [3.63, 3.8) is 0 Å². The second-order valence-electron chi connectivity index (χ2n) is 7.04. The molecule has 1 unspecified atom stereocenters. The summed E-state index contributed by atoms with van der Waals surface area (Å²) in [5, 5.41) is 16.0. The molecular formula is C21H25ClN4O2. The van der Waals surface area contributed by atoms with Gasteiger partial charge in [-0.1, -0.05) is 25.4 Å². The average molecular weight is 401 g/mol. The first-order chi connectivity index (χ1) is 13.3. The topological polar surface area (TPSA) is 87.0 Å². The van der Waals surface area contributed by atoms with Crippen molar-refractivity contribution in [2.75, 3.05) is 12.4 Å². The molecule has 1 aromatic carbocycles. The van der Waals surface area contributed by atoms with E-state index in [1.54, 1.807) is 43.6 Å². The van der Waals surface area contributed by atoms with Crippen molar-refractivity contribution in [2.45, 2.75) is 39.3 Å². The number of halogens is 1. The molecule has 0 radical (unpaired) electrons. The lowest BCUT2D eigenvalue weighted by Crippen LogP contribution is -2.45. The summed E-state index contributed by atoms with van der Waals surface area (Å²) in [6.45, 7) is 6.27. The van der Waals surface area contributed by atoms with Crippen LogP contribution in [0.1, 0.15) is 32.0 Å². The maximum Gasteiger partial charge on any atom is 0.228 e. The van der Waals surface area contributed by atoms with Crippen molar-refractivity contribution in [1.29, 1.82) is 5.26 Å². The summed E-state index contributed by atoms with van der Waals surface area (Å²) in [6, 6.07) is 11.0. The Labute approximate surface area is 170 Å². The zero-order chi connectivity index (χ0) is 20.7. The summed E-state index contributed by atoms with van der Waals surface area (Å²) in [7, 11) is 1.55. The molecule has 1 heterocycles. The van der Waals surface area contributed by atoms with Crippen LogP contribution in [0.5, 0.6) is 5.75 Å². The first-order valence-electron chi connectivity index (χ1n) is 9.01. The van der Waals surface area contributed by atoms with Gasteiger partial charge in [-0.05, 0) is 43.2 Å². The molecule has 0 aliphatic carbocycles. The monoisotopic (exact) mass is 400 g/mol. The van der Waals surface area contributed by atoms with Gasteiger partial charge in [0.1, 0.15) is 11.3 Å². The van der Waals surface area contributed by atoms with E-state index in [1.165, 1.54) is 0 Å². The Kier molecular flexibility index (Phi) is 7.38. The van der Waals surface area contributed by atoms with E-state index in [9.17, 15) is 10.1 Å². The van der Waals surface area contributed by atoms with Crippen LogP contribution in [0.2, 0.25) is 5.02 Å². The number of rotatable bonds is 8. The maximum absolute atomic E-state index is 12.4. The summed E-state index contributed by atoms with van der Waals surface area (Å²) in [5.41, 5.74) is 1.44. The lowest BCUT2D eigenvalue weighted by Gasteiger charge is -2.27. The number of aromatic nitrogens is 1. The number of methoxy groups -OCH3 is 1. The van der Waals surface area contributed by atoms with Gasteiger partial charge >= 0.3 is 0 Å². The third-order valence-corrected chi connectivity index (χ3v) is 4.95. The van der Waals surface area contributed by atoms with Gasteiger partial charge in [0.2, 0.25) is 5.91 Å². The SMILES string of the molecule is COc1ccc(Cl)cc1CC(=O)Nc1ccnc(CNC(C)(C#N)C(C)C)c1. The number of nitriles is 1. The molecule has 0 aliphatic rings. The summed E-state index contributed by atoms with van der Waals surface area (Å²) < 4.78 is 5.28. The third-order valence-electron chi connectivity index (χ3n) is 4.72. The van der Waals surface area contributed by atoms with E-state index in [0.29, 0.717) is 28.6 Å². The van der Waals surface area contributed by atoms with Crippen LogP contribution in [0.15, 0.2) is 36.5 Å². The molecule has 28 heavy (non-hydrogen) atoms. The molecule has 2 aromatic rings. The number of anilines is 1. The molecule has 7 heteroatoms. The van der Waals surface area contributed by atoms with Crippen LogP contribution in [0.4, 0.5) is 5.69 Å². The molecule has 148 valence electrons. The standard InChI is InChI=1S/C21H25ClN4O2/c1-14(2)21(3,13-23)25-12-18-11-17(7-8-24-18)26-20(27)10-15-9-16(22)5-6-19(15)28-4/h5-9,11,14,25H,10,12H2,1-4H3,(H,24,26,27). The van der Waals surface area contributed by atoms with Gasteiger partial charge in [0, 0.05) is 29.0 Å². The minimum absolute atomic E-state index is 0.138. The van der Waals surface area contributed by atoms with Crippen molar-refractivity contribution in [2.24, 2.45) is 5.92 Å². The van der Waals surface area contributed by atoms with Crippen molar-refractivity contribution >= 4 is 23.2 Å². The lowest BCUT2D eigenvalue weighted by molar-refractivity contribution is -0.115. The van der Waals surface area contributed by atoms with Crippen LogP contribution in [-0.2, 0) is 17.8 Å². The van der Waals surface area contributed by atoms with Gasteiger partial charge in [0.25, 0.3) is 0 Å². The summed E-state index contributed by atoms with van der Waals surface area (Å²) in [5.74, 6) is 0.575. The number of hydrogen-bond donors (Lipinski definition) is 2. The normalized spacial score (nSPS) is 12.9. The highest BCUT2D eigenvalue weighted by molar-refractivity contribution is 6.30. The molecule has 1 amide bonds. The molecular weight excluding hydrogens is 376 g/mol. The highest BCUT2D eigenvalue weighted by Gasteiger charge is 2.27. The molecule has 0 fully saturated rings. The Morgan fingerprint density at radius 2 is 2.11 bits per heavy atom. The molecule has 6 nitrogen and oxygen atoms in total. The maximum atomic E-state index is 12.4. The molecule has 2 N–H and O–H groups in total. The Bertz CT molecular complexity index is 879. The smallest absolute Gasteiger partial charge is 0.228 e. The van der Waals surface area contributed by atoms with Crippen molar-refractivity contribution in [1.82, 2.24) is 10.3 Å². The molecule has 0 spiro atoms. The number of nitrogens with zero attached hydrogens (tertiary/aromatic N) is 2. The molecule has 0 saturated carbocycles. The van der Waals surface area contributed by atoms with E-state index in [4.69, 9.17) is 16.3 Å². The number of carbonyl (C=O) groups is 1. The Balaban J connectivity index is 2.04. The van der Waals surface area contributed by atoms with Crippen LogP contribution in [0.3, 0.4) is 0 Å². The van der Waals surface area contributed by atoms with E-state index in [-0.39, 0.29) is 18.2 Å². The number of nitrogens with one attached hydrogen (secondary N) is 2. The highest BCUT2D eigenvalue weighted by atomic mass is 35.5. The van der Waals surface area contributed by atoms with Crippen LogP contribution < -0.4 is 15.4 Å². The van der Waals surface area contributed by atoms with E-state index in [1.807, 2.05) is 20.8 Å². The zero-order valence-corrected chi connectivity index (χ0v) is 17.3. The number of amides is 1. The Morgan fingerprint density at radius 1 is 1.36 bits per heavy atom.